The van der Waals surface area contributed by atoms with Gasteiger partial charge in [-0.05, 0) is 252 Å². The first-order valence-electron chi connectivity index (χ1n) is 38.9. The second-order valence-electron chi connectivity index (χ2n) is 33.3. The zero-order valence-corrected chi connectivity index (χ0v) is 59.2. The van der Waals surface area contributed by atoms with E-state index in [1.165, 1.54) is 85.2 Å². The van der Waals surface area contributed by atoms with Gasteiger partial charge in [-0.15, -0.1) is 0 Å². The lowest BCUT2D eigenvalue weighted by Gasteiger charge is -2.55. The minimum atomic E-state index is -1.43. The number of benzene rings is 6. The van der Waals surface area contributed by atoms with E-state index in [9.17, 15) is 20.4 Å². The number of aliphatic hydroxyl groups excluding tert-OH is 4. The molecular formula is C91H94O12. The van der Waals surface area contributed by atoms with Crippen molar-refractivity contribution in [1.82, 2.24) is 0 Å². The summed E-state index contributed by atoms with van der Waals surface area (Å²) in [6.45, 7) is 1.83. The molecule has 12 heteroatoms. The summed E-state index contributed by atoms with van der Waals surface area (Å²) >= 11 is 0. The standard InChI is InChI=1S/C91H94O12/c1-50(46-93)70-44-74-66-29-22-56-40-71(66)59-41-73-67-28-20-53-9-3-4-12-64(53)72(67)45-78(73)89(2)86(102-87(70)97)85(83-80(103-89)32-31-69-75(47-94)82(88(98)101-84(69)83)57(33-36-92)48-99-49-95)100-81(96)43-58-39-55(21-27-63(56)58)65-13-8-14-76-68(65)30-26-62-11-7-10-61-25-19-54-18-15-52(38-77(54)91(61,62)76)37-51-16-23-60(24-17-51)90(79(74)42-59)34-5-6-35-90/h3-4,8-9,12-25,27-29,31-32,38,40,55,57-59,61-63,67,72-74,78-79,85-86,92-95H,5-7,10-11,26,30,33-37,39,41-49H2,1-2H3/b70-50-/t55-,57+,58+,59+,61+,62+,63+,67-,72+,73+,74+,78+,79+,85+,86-,89-,91-/m0/s1. The molecule has 0 saturated heterocycles. The molecule has 1 aromatic heterocycles. The maximum Gasteiger partial charge on any atom is 0.340 e. The molecule has 4 N–H and O–H groups in total. The molecule has 4 heterocycles. The van der Waals surface area contributed by atoms with Gasteiger partial charge in [-0.25, -0.2) is 9.59 Å². The van der Waals surface area contributed by atoms with Crippen LogP contribution >= 0.6 is 0 Å². The Kier molecular flexibility index (Phi) is 16.2. The first-order chi connectivity index (χ1) is 50.3. The van der Waals surface area contributed by atoms with E-state index in [0.29, 0.717) is 53.4 Å². The number of fused-ring (bicyclic) bond motifs is 7. The van der Waals surface area contributed by atoms with Crippen LogP contribution in [0.1, 0.15) is 241 Å². The van der Waals surface area contributed by atoms with E-state index < -0.39 is 61.3 Å². The van der Waals surface area contributed by atoms with Crippen LogP contribution in [-0.4, -0.2) is 70.7 Å². The van der Waals surface area contributed by atoms with Gasteiger partial charge in [0.1, 0.15) is 18.1 Å². The Labute approximate surface area is 602 Å². The highest BCUT2D eigenvalue weighted by Gasteiger charge is 2.64. The number of rotatable bonds is 8. The maximum absolute atomic E-state index is 16.8. The van der Waals surface area contributed by atoms with Gasteiger partial charge >= 0.3 is 17.6 Å². The second kappa shape index (κ2) is 25.4. The molecule has 103 heavy (non-hydrogen) atoms. The third kappa shape index (κ3) is 10.1. The lowest BCUT2D eigenvalue weighted by Crippen LogP contribution is -2.59. The molecule has 2 spiro atoms. The minimum Gasteiger partial charge on any atom is -0.483 e. The van der Waals surface area contributed by atoms with Crippen LogP contribution in [0.4, 0.5) is 0 Å². The fourth-order valence-electron chi connectivity index (χ4n) is 24.5. The van der Waals surface area contributed by atoms with E-state index in [2.05, 4.69) is 147 Å². The molecule has 0 amide bonds. The van der Waals surface area contributed by atoms with Crippen molar-refractivity contribution in [3.05, 3.63) is 250 Å². The molecule has 0 unspecified atom stereocenters. The van der Waals surface area contributed by atoms with Crippen molar-refractivity contribution in [3.63, 3.8) is 0 Å². The van der Waals surface area contributed by atoms with Crippen LogP contribution in [0.25, 0.3) is 23.1 Å². The monoisotopic (exact) mass is 1380 g/mol. The van der Waals surface area contributed by atoms with Crippen LogP contribution < -0.4 is 10.4 Å². The highest BCUT2D eigenvalue weighted by atomic mass is 16.6. The SMILES string of the molecule is C/C(CO)=C1\C[C@@H]2c3ccc4cc3[C@@H]3C[C@@H]5[C@H]6C=Cc7ccccc7[C@H]6C[C@H]5[C@]5(C)Oc6ccc7c(CO)c([C@H](CCO)COCO)c(=O)oc7c6[C@@H](OC(=O)C[C@H]6C[C@H](C=C[C@H]46)c4cccc6c4CC[C@H]4CCC[C@@H]7C=Cc8ccc(cc8[C@]647)Cc4ccc(cc4)C4(CCCC4)[C@@H]2C3)[C@@H]5OC1=O. The van der Waals surface area contributed by atoms with Gasteiger partial charge in [-0.2, -0.15) is 0 Å². The summed E-state index contributed by atoms with van der Waals surface area (Å²) in [5.74, 6) is -1.59. The van der Waals surface area contributed by atoms with E-state index in [-0.39, 0.29) is 118 Å². The zero-order chi connectivity index (χ0) is 69.8. The van der Waals surface area contributed by atoms with Crippen LogP contribution in [-0.2, 0) is 54.1 Å². The summed E-state index contributed by atoms with van der Waals surface area (Å²) in [5.41, 5.74) is 16.0. The van der Waals surface area contributed by atoms with Gasteiger partial charge in [0.25, 0.3) is 0 Å². The number of hydrogen-bond donors (Lipinski definition) is 4. The highest BCUT2D eigenvalue weighted by Crippen LogP contribution is 2.67. The van der Waals surface area contributed by atoms with Gasteiger partial charge in [0.05, 0.1) is 25.4 Å². The molecule has 6 aromatic carbocycles. The molecule has 3 saturated carbocycles. The summed E-state index contributed by atoms with van der Waals surface area (Å²) in [6.07, 6.45) is 25.9. The van der Waals surface area contributed by atoms with Crippen LogP contribution in [0.5, 0.6) is 5.75 Å². The number of hydrogen-bond acceptors (Lipinski definition) is 12. The molecule has 3 aliphatic heterocycles. The molecular weight excluding hydrogens is 1280 g/mol. The predicted octanol–water partition coefficient (Wildman–Crippen LogP) is 16.4. The fraction of sp³-hybridized carbons (Fsp3) is 0.462. The molecule has 12 nitrogen and oxygen atoms in total. The number of carbonyl (C=O) groups is 2. The topological polar surface area (TPSA) is 182 Å². The smallest absolute Gasteiger partial charge is 0.340 e. The summed E-state index contributed by atoms with van der Waals surface area (Å²) < 4.78 is 34.9. The Morgan fingerprint density at radius 3 is 2.38 bits per heavy atom. The van der Waals surface area contributed by atoms with Crippen molar-refractivity contribution in [3.8, 4) is 5.75 Å². The maximum atomic E-state index is 16.8. The average Bonchev–Trinajstić information content (AvgIpc) is 1.33. The molecule has 530 valence electrons. The molecule has 26 rings (SSSR count). The Balaban J connectivity index is 0.879. The van der Waals surface area contributed by atoms with Crippen LogP contribution in [0, 0.1) is 41.4 Å². The average molecular weight is 1380 g/mol. The first-order valence-corrected chi connectivity index (χ1v) is 38.9. The fourth-order valence-corrected chi connectivity index (χ4v) is 24.5. The number of carbonyl (C=O) groups excluding carboxylic acids is 2. The summed E-state index contributed by atoms with van der Waals surface area (Å²) in [5, 5.41) is 43.8. The molecule has 17 atom stereocenters. The highest BCUT2D eigenvalue weighted by molar-refractivity contribution is 5.91. The third-order valence-corrected chi connectivity index (χ3v) is 28.9. The van der Waals surface area contributed by atoms with Crippen molar-refractivity contribution in [1.29, 1.82) is 0 Å². The largest absolute Gasteiger partial charge is 0.483 e. The number of aliphatic hydroxyl groups is 4. The molecule has 3 fully saturated rings. The van der Waals surface area contributed by atoms with Crippen LogP contribution in [0.3, 0.4) is 0 Å². The Bertz CT molecular complexity index is 4790. The lowest BCUT2D eigenvalue weighted by molar-refractivity contribution is -0.202. The number of esters is 2. The quantitative estimate of drug-likeness (QED) is 0.0372. The first kappa shape index (κ1) is 65.8. The van der Waals surface area contributed by atoms with Crippen molar-refractivity contribution in [2.45, 2.75) is 194 Å². The Hall–Kier alpha value is -7.97. The van der Waals surface area contributed by atoms with E-state index in [1.807, 2.05) is 13.0 Å². The Morgan fingerprint density at radius 2 is 1.54 bits per heavy atom. The van der Waals surface area contributed by atoms with Gasteiger partial charge in [-0.1, -0.05) is 159 Å². The third-order valence-electron chi connectivity index (χ3n) is 28.9. The molecule has 19 aliphatic rings. The van der Waals surface area contributed by atoms with Gasteiger partial charge in [-0.3, -0.25) is 4.79 Å². The van der Waals surface area contributed by atoms with Gasteiger partial charge < -0.3 is 43.8 Å². The summed E-state index contributed by atoms with van der Waals surface area (Å²) in [7, 11) is 0. The van der Waals surface area contributed by atoms with E-state index in [1.54, 1.807) is 6.07 Å². The van der Waals surface area contributed by atoms with Crippen LogP contribution in [0.2, 0.25) is 0 Å². The van der Waals surface area contributed by atoms with Gasteiger partial charge in [0.15, 0.2) is 17.8 Å². The van der Waals surface area contributed by atoms with E-state index in [0.717, 1.165) is 64.2 Å². The van der Waals surface area contributed by atoms with Crippen molar-refractivity contribution in [2.75, 3.05) is 26.6 Å². The van der Waals surface area contributed by atoms with Crippen molar-refractivity contribution < 1.29 is 53.4 Å². The van der Waals surface area contributed by atoms with E-state index >= 15 is 14.4 Å². The molecule has 16 aliphatic carbocycles. The number of ether oxygens (including phenoxy) is 4. The minimum absolute atomic E-state index is 0.00697. The summed E-state index contributed by atoms with van der Waals surface area (Å²) in [6, 6.07) is 44.0. The van der Waals surface area contributed by atoms with Gasteiger partial charge in [0, 0.05) is 58.6 Å². The zero-order valence-electron chi connectivity index (χ0n) is 59.2. The summed E-state index contributed by atoms with van der Waals surface area (Å²) in [4.78, 5) is 48.4. The van der Waals surface area contributed by atoms with Crippen LogP contribution in [0.15, 0.2) is 160 Å². The van der Waals surface area contributed by atoms with E-state index in [4.69, 9.17) is 23.4 Å². The predicted molar refractivity (Wildman–Crippen MR) is 395 cm³/mol. The normalized spacial score (nSPS) is 32.8. The lowest BCUT2D eigenvalue weighted by atomic mass is 9.48. The van der Waals surface area contributed by atoms with Crippen molar-refractivity contribution in [2.24, 2.45) is 41.4 Å². The number of allylic oxidation sites excluding steroid dienone is 4. The molecule has 7 aromatic rings. The Morgan fingerprint density at radius 1 is 0.709 bits per heavy atom. The van der Waals surface area contributed by atoms with Crippen molar-refractivity contribution >= 4 is 35.1 Å². The van der Waals surface area contributed by atoms with Gasteiger partial charge in [0.2, 0.25) is 0 Å². The second-order valence-corrected chi connectivity index (χ2v) is 33.3. The molecule has 0 radical (unpaired) electrons. The molecule has 20 bridgehead atoms.